The molecule has 0 spiro atoms. The zero-order valence-corrected chi connectivity index (χ0v) is 10.7. The van der Waals surface area contributed by atoms with Gasteiger partial charge in [0, 0.05) is 18.8 Å². The van der Waals surface area contributed by atoms with Gasteiger partial charge in [0.25, 0.3) is 0 Å². The lowest BCUT2D eigenvalue weighted by molar-refractivity contribution is 0.0422. The summed E-state index contributed by atoms with van der Waals surface area (Å²) < 4.78 is 16.2. The maximum absolute atomic E-state index is 6.10. The van der Waals surface area contributed by atoms with Gasteiger partial charge in [-0.05, 0) is 34.6 Å². The molecule has 80 valence electrons. The smallest absolute Gasteiger partial charge is 0.362 e. The summed E-state index contributed by atoms with van der Waals surface area (Å²) in [4.78, 5) is 0. The predicted octanol–water partition coefficient (Wildman–Crippen LogP) is 2.55. The summed E-state index contributed by atoms with van der Waals surface area (Å²) >= 11 is 6.10. The molecule has 0 aliphatic carbocycles. The highest BCUT2D eigenvalue weighted by Gasteiger charge is 2.41. The van der Waals surface area contributed by atoms with Crippen LogP contribution in [0.4, 0.5) is 0 Å². The van der Waals surface area contributed by atoms with Gasteiger partial charge in [-0.2, -0.15) is 0 Å². The fraction of sp³-hybridized carbons (Fsp3) is 1.00. The molecule has 0 bridgehead atoms. The zero-order valence-electron chi connectivity index (χ0n) is 8.96. The molecule has 0 aliphatic rings. The van der Waals surface area contributed by atoms with Crippen molar-refractivity contribution >= 4 is 19.2 Å². The molecule has 0 atom stereocenters. The van der Waals surface area contributed by atoms with Gasteiger partial charge in [-0.1, -0.05) is 11.1 Å². The van der Waals surface area contributed by atoms with Crippen molar-refractivity contribution in [1.29, 1.82) is 0 Å². The topological polar surface area (TPSA) is 27.7 Å². The van der Waals surface area contributed by atoms with Crippen molar-refractivity contribution in [3.05, 3.63) is 0 Å². The lowest BCUT2D eigenvalue weighted by atomic mass is 10.5. The Bertz CT molecular complexity index is 131. The van der Waals surface area contributed by atoms with Crippen molar-refractivity contribution in [2.45, 2.75) is 46.8 Å². The van der Waals surface area contributed by atoms with Gasteiger partial charge in [-0.25, -0.2) is 0 Å². The van der Waals surface area contributed by atoms with Crippen LogP contribution in [0.3, 0.4) is 0 Å². The Balaban J connectivity index is 4.15. The van der Waals surface area contributed by atoms with Crippen molar-refractivity contribution in [1.82, 2.24) is 0 Å². The molecule has 13 heavy (non-hydrogen) atoms. The van der Waals surface area contributed by atoms with E-state index in [-0.39, 0.29) is 12.2 Å². The molecule has 0 aromatic rings. The van der Waals surface area contributed by atoms with Crippen LogP contribution in [0, 0.1) is 0 Å². The summed E-state index contributed by atoms with van der Waals surface area (Å²) in [6.45, 7) is 10.0. The van der Waals surface area contributed by atoms with E-state index in [2.05, 4.69) is 0 Å². The molecule has 0 aliphatic heterocycles. The standard InChI is InChI=1S/C8H19ClO3Si/c1-6-10-13(9,11-7(2)3)12-8(4)5/h7-8H,6H2,1-5H3. The van der Waals surface area contributed by atoms with Gasteiger partial charge in [0.1, 0.15) is 0 Å². The van der Waals surface area contributed by atoms with Crippen molar-refractivity contribution in [3.8, 4) is 0 Å². The summed E-state index contributed by atoms with van der Waals surface area (Å²) in [5.41, 5.74) is 0. The van der Waals surface area contributed by atoms with E-state index in [9.17, 15) is 0 Å². The van der Waals surface area contributed by atoms with Gasteiger partial charge in [0.2, 0.25) is 0 Å². The Morgan fingerprint density at radius 3 is 1.69 bits per heavy atom. The molecule has 0 heterocycles. The second-order valence-corrected chi connectivity index (χ2v) is 6.36. The summed E-state index contributed by atoms with van der Waals surface area (Å²) in [6.07, 6.45) is 0.0453. The maximum atomic E-state index is 6.10. The van der Waals surface area contributed by atoms with Gasteiger partial charge in [0.05, 0.1) is 0 Å². The fourth-order valence-corrected chi connectivity index (χ4v) is 3.89. The first-order valence-corrected chi connectivity index (χ1v) is 7.31. The highest BCUT2D eigenvalue weighted by molar-refractivity contribution is 7.09. The van der Waals surface area contributed by atoms with Crippen LogP contribution < -0.4 is 0 Å². The molecular weight excluding hydrogens is 208 g/mol. The van der Waals surface area contributed by atoms with E-state index in [1.165, 1.54) is 0 Å². The monoisotopic (exact) mass is 226 g/mol. The van der Waals surface area contributed by atoms with Gasteiger partial charge < -0.3 is 13.3 Å². The second-order valence-electron chi connectivity index (χ2n) is 3.25. The minimum absolute atomic E-state index is 0.0227. The molecule has 0 rings (SSSR count). The minimum atomic E-state index is -2.90. The summed E-state index contributed by atoms with van der Waals surface area (Å²) in [7, 11) is -2.90. The molecule has 0 radical (unpaired) electrons. The Labute approximate surface area is 86.4 Å². The van der Waals surface area contributed by atoms with E-state index in [1.54, 1.807) is 0 Å². The summed E-state index contributed by atoms with van der Waals surface area (Å²) in [5.74, 6) is 0. The van der Waals surface area contributed by atoms with Crippen LogP contribution >= 0.6 is 11.1 Å². The van der Waals surface area contributed by atoms with Crippen LogP contribution in [0.1, 0.15) is 34.6 Å². The quantitative estimate of drug-likeness (QED) is 0.515. The van der Waals surface area contributed by atoms with E-state index in [0.717, 1.165) is 0 Å². The lowest BCUT2D eigenvalue weighted by Gasteiger charge is -2.26. The van der Waals surface area contributed by atoms with E-state index < -0.39 is 8.11 Å². The van der Waals surface area contributed by atoms with Crippen LogP contribution in [0.5, 0.6) is 0 Å². The normalized spacial score (nSPS) is 12.9. The molecule has 0 amide bonds. The Morgan fingerprint density at radius 1 is 1.08 bits per heavy atom. The molecule has 0 N–H and O–H groups in total. The van der Waals surface area contributed by atoms with E-state index in [0.29, 0.717) is 6.61 Å². The summed E-state index contributed by atoms with van der Waals surface area (Å²) in [6, 6.07) is 0. The van der Waals surface area contributed by atoms with Crippen LogP contribution in [0.25, 0.3) is 0 Å². The zero-order chi connectivity index (χ0) is 10.5. The molecule has 0 aromatic carbocycles. The predicted molar refractivity (Wildman–Crippen MR) is 55.7 cm³/mol. The fourth-order valence-electron chi connectivity index (χ4n) is 0.831. The third-order valence-corrected chi connectivity index (χ3v) is 4.07. The van der Waals surface area contributed by atoms with Gasteiger partial charge in [-0.15, -0.1) is 0 Å². The van der Waals surface area contributed by atoms with Crippen molar-refractivity contribution in [2.24, 2.45) is 0 Å². The molecule has 0 unspecified atom stereocenters. The number of halogens is 1. The van der Waals surface area contributed by atoms with E-state index in [1.807, 2.05) is 34.6 Å². The van der Waals surface area contributed by atoms with Crippen LogP contribution in [-0.2, 0) is 13.3 Å². The Kier molecular flexibility index (Phi) is 6.16. The molecule has 3 nitrogen and oxygen atoms in total. The van der Waals surface area contributed by atoms with E-state index in [4.69, 9.17) is 24.4 Å². The SMILES string of the molecule is CCO[Si](Cl)(OC(C)C)OC(C)C. The first-order valence-electron chi connectivity index (χ1n) is 4.58. The van der Waals surface area contributed by atoms with E-state index >= 15 is 0 Å². The molecule has 0 aromatic heterocycles. The number of hydrogen-bond acceptors (Lipinski definition) is 3. The van der Waals surface area contributed by atoms with Crippen molar-refractivity contribution < 1.29 is 13.3 Å². The Hall–Kier alpha value is 0.387. The third kappa shape index (κ3) is 6.46. The number of hydrogen-bond donors (Lipinski definition) is 0. The average Bonchev–Trinajstić information content (AvgIpc) is 1.81. The maximum Gasteiger partial charge on any atom is 0.613 e. The van der Waals surface area contributed by atoms with Crippen LogP contribution in [-0.4, -0.2) is 26.9 Å². The van der Waals surface area contributed by atoms with Gasteiger partial charge in [-0.3, -0.25) is 0 Å². The molecule has 0 saturated heterocycles. The van der Waals surface area contributed by atoms with Gasteiger partial charge >= 0.3 is 8.11 Å². The Morgan fingerprint density at radius 2 is 1.46 bits per heavy atom. The molecule has 0 fully saturated rings. The first-order chi connectivity index (χ1) is 5.89. The highest BCUT2D eigenvalue weighted by Crippen LogP contribution is 2.19. The number of rotatable bonds is 6. The summed E-state index contributed by atoms with van der Waals surface area (Å²) in [5, 5.41) is 0. The van der Waals surface area contributed by atoms with Crippen molar-refractivity contribution in [3.63, 3.8) is 0 Å². The minimum Gasteiger partial charge on any atom is -0.362 e. The molecule has 5 heteroatoms. The molecular formula is C8H19ClO3Si. The van der Waals surface area contributed by atoms with Gasteiger partial charge in [0.15, 0.2) is 0 Å². The molecule has 0 saturated carbocycles. The highest BCUT2D eigenvalue weighted by atomic mass is 35.6. The third-order valence-electron chi connectivity index (χ3n) is 1.07. The van der Waals surface area contributed by atoms with Crippen LogP contribution in [0.15, 0.2) is 0 Å². The van der Waals surface area contributed by atoms with Crippen molar-refractivity contribution in [2.75, 3.05) is 6.61 Å². The first kappa shape index (κ1) is 13.4. The lowest BCUT2D eigenvalue weighted by Crippen LogP contribution is -2.44. The largest absolute Gasteiger partial charge is 0.613 e. The average molecular weight is 227 g/mol. The second kappa shape index (κ2) is 5.98. The van der Waals surface area contributed by atoms with Crippen LogP contribution in [0.2, 0.25) is 0 Å².